The van der Waals surface area contributed by atoms with E-state index in [1.54, 1.807) is 30.0 Å². The molecule has 0 radical (unpaired) electrons. The van der Waals surface area contributed by atoms with Crippen LogP contribution in [-0.2, 0) is 11.2 Å². The zero-order chi connectivity index (χ0) is 12.0. The Morgan fingerprint density at radius 3 is 2.69 bits per heavy atom. The number of thioether (sulfide) groups is 1. The van der Waals surface area contributed by atoms with Crippen molar-refractivity contribution in [2.45, 2.75) is 20.3 Å². The Morgan fingerprint density at radius 2 is 2.06 bits per heavy atom. The normalized spacial score (nSPS) is 10.8. The number of benzene rings is 1. The summed E-state index contributed by atoms with van der Waals surface area (Å²) in [4.78, 5) is 11.6. The van der Waals surface area contributed by atoms with Gasteiger partial charge in [0.1, 0.15) is 11.6 Å². The summed E-state index contributed by atoms with van der Waals surface area (Å²) < 4.78 is 13.2. The first kappa shape index (κ1) is 13.2. The van der Waals surface area contributed by atoms with E-state index in [0.717, 1.165) is 5.75 Å². The second kappa shape index (κ2) is 6.69. The quantitative estimate of drug-likeness (QED) is 0.758. The highest BCUT2D eigenvalue weighted by Crippen LogP contribution is 2.11. The van der Waals surface area contributed by atoms with Crippen molar-refractivity contribution in [2.75, 3.05) is 11.5 Å². The topological polar surface area (TPSA) is 17.1 Å². The van der Waals surface area contributed by atoms with Crippen LogP contribution in [0.1, 0.15) is 19.4 Å². The van der Waals surface area contributed by atoms with Gasteiger partial charge in [-0.1, -0.05) is 32.0 Å². The Hall–Kier alpha value is -0.830. The molecule has 16 heavy (non-hydrogen) atoms. The lowest BCUT2D eigenvalue weighted by molar-refractivity contribution is -0.116. The van der Waals surface area contributed by atoms with E-state index in [0.29, 0.717) is 17.2 Å². The minimum Gasteiger partial charge on any atom is -0.298 e. The molecule has 0 aromatic heterocycles. The van der Waals surface area contributed by atoms with Crippen molar-refractivity contribution in [1.29, 1.82) is 0 Å². The van der Waals surface area contributed by atoms with Gasteiger partial charge in [0.25, 0.3) is 0 Å². The number of hydrogen-bond acceptors (Lipinski definition) is 2. The van der Waals surface area contributed by atoms with Gasteiger partial charge in [0, 0.05) is 6.42 Å². The van der Waals surface area contributed by atoms with Gasteiger partial charge in [-0.15, -0.1) is 0 Å². The lowest BCUT2D eigenvalue weighted by Gasteiger charge is -2.04. The first-order chi connectivity index (χ1) is 7.59. The summed E-state index contributed by atoms with van der Waals surface area (Å²) in [7, 11) is 0. The molecule has 0 spiro atoms. The van der Waals surface area contributed by atoms with E-state index in [4.69, 9.17) is 0 Å². The molecule has 0 heterocycles. The number of ketones is 1. The molecule has 1 rings (SSSR count). The summed E-state index contributed by atoms with van der Waals surface area (Å²) in [5.74, 6) is 1.85. The maximum atomic E-state index is 13.2. The maximum Gasteiger partial charge on any atom is 0.147 e. The van der Waals surface area contributed by atoms with Crippen molar-refractivity contribution in [1.82, 2.24) is 0 Å². The highest BCUT2D eigenvalue weighted by molar-refractivity contribution is 7.99. The van der Waals surface area contributed by atoms with Gasteiger partial charge in [-0.3, -0.25) is 4.79 Å². The monoisotopic (exact) mass is 240 g/mol. The molecule has 1 aromatic rings. The van der Waals surface area contributed by atoms with Crippen LogP contribution < -0.4 is 0 Å². The zero-order valence-corrected chi connectivity index (χ0v) is 10.5. The van der Waals surface area contributed by atoms with Gasteiger partial charge in [-0.25, -0.2) is 4.39 Å². The second-order valence-electron chi connectivity index (χ2n) is 4.22. The summed E-state index contributed by atoms with van der Waals surface area (Å²) in [6.45, 7) is 4.24. The summed E-state index contributed by atoms with van der Waals surface area (Å²) in [6.07, 6.45) is 0.206. The first-order valence-corrected chi connectivity index (χ1v) is 6.58. The predicted molar refractivity (Wildman–Crippen MR) is 67.3 cm³/mol. The van der Waals surface area contributed by atoms with E-state index < -0.39 is 0 Å². The van der Waals surface area contributed by atoms with Crippen LogP contribution in [0.15, 0.2) is 24.3 Å². The van der Waals surface area contributed by atoms with Crippen LogP contribution in [0.25, 0.3) is 0 Å². The van der Waals surface area contributed by atoms with Crippen molar-refractivity contribution < 1.29 is 9.18 Å². The van der Waals surface area contributed by atoms with Gasteiger partial charge < -0.3 is 0 Å². The SMILES string of the molecule is CC(C)CSCC(=O)Cc1ccccc1F. The molecule has 3 heteroatoms. The molecule has 0 bridgehead atoms. The van der Waals surface area contributed by atoms with Crippen molar-refractivity contribution in [3.8, 4) is 0 Å². The highest BCUT2D eigenvalue weighted by Gasteiger charge is 2.07. The van der Waals surface area contributed by atoms with Gasteiger partial charge in [0.2, 0.25) is 0 Å². The summed E-state index contributed by atoms with van der Waals surface area (Å²) in [6, 6.07) is 6.45. The first-order valence-electron chi connectivity index (χ1n) is 5.42. The van der Waals surface area contributed by atoms with E-state index in [2.05, 4.69) is 13.8 Å². The van der Waals surface area contributed by atoms with Crippen LogP contribution >= 0.6 is 11.8 Å². The summed E-state index contributed by atoms with van der Waals surface area (Å²) in [5.41, 5.74) is 0.498. The van der Waals surface area contributed by atoms with Gasteiger partial charge in [-0.2, -0.15) is 11.8 Å². The molecule has 0 saturated heterocycles. The summed E-state index contributed by atoms with van der Waals surface area (Å²) in [5, 5.41) is 0. The molecule has 0 N–H and O–H groups in total. The highest BCUT2D eigenvalue weighted by atomic mass is 32.2. The molecule has 1 nitrogen and oxygen atoms in total. The lowest BCUT2D eigenvalue weighted by atomic mass is 10.1. The van der Waals surface area contributed by atoms with Crippen molar-refractivity contribution in [3.63, 3.8) is 0 Å². The van der Waals surface area contributed by atoms with Gasteiger partial charge >= 0.3 is 0 Å². The predicted octanol–water partition coefficient (Wildman–Crippen LogP) is 3.33. The molecule has 0 unspecified atom stereocenters. The number of Topliss-reactive ketones (excluding diaryl/α,β-unsaturated/α-hetero) is 1. The van der Waals surface area contributed by atoms with Gasteiger partial charge in [-0.05, 0) is 23.3 Å². The minimum absolute atomic E-state index is 0.0933. The molecule has 0 fully saturated rings. The van der Waals surface area contributed by atoms with Crippen LogP contribution in [-0.4, -0.2) is 17.3 Å². The Balaban J connectivity index is 2.37. The number of carbonyl (C=O) groups excluding carboxylic acids is 1. The fourth-order valence-electron chi connectivity index (χ4n) is 1.31. The molecule has 1 aromatic carbocycles. The molecule has 88 valence electrons. The van der Waals surface area contributed by atoms with Crippen LogP contribution in [0.2, 0.25) is 0 Å². The number of carbonyl (C=O) groups is 1. The number of halogens is 1. The van der Waals surface area contributed by atoms with E-state index in [1.807, 2.05) is 0 Å². The summed E-state index contributed by atoms with van der Waals surface area (Å²) >= 11 is 1.62. The van der Waals surface area contributed by atoms with Crippen molar-refractivity contribution >= 4 is 17.5 Å². The number of rotatable bonds is 6. The smallest absolute Gasteiger partial charge is 0.147 e. The van der Waals surface area contributed by atoms with E-state index in [-0.39, 0.29) is 18.0 Å². The van der Waals surface area contributed by atoms with Crippen molar-refractivity contribution in [2.24, 2.45) is 5.92 Å². The van der Waals surface area contributed by atoms with Gasteiger partial charge in [0.15, 0.2) is 0 Å². The second-order valence-corrected chi connectivity index (χ2v) is 5.25. The molecule has 0 aliphatic heterocycles. The van der Waals surface area contributed by atoms with E-state index >= 15 is 0 Å². The Kier molecular flexibility index (Phi) is 5.53. The standard InChI is InChI=1S/C13H17FOS/c1-10(2)8-16-9-12(15)7-11-5-3-4-6-13(11)14/h3-6,10H,7-9H2,1-2H3. The molecule has 0 aliphatic carbocycles. The fraction of sp³-hybridized carbons (Fsp3) is 0.462. The van der Waals surface area contributed by atoms with Gasteiger partial charge in [0.05, 0.1) is 5.75 Å². The fourth-order valence-corrected chi connectivity index (χ4v) is 2.23. The van der Waals surface area contributed by atoms with Crippen LogP contribution in [0.4, 0.5) is 4.39 Å². The third kappa shape index (κ3) is 4.79. The minimum atomic E-state index is -0.287. The molecular formula is C13H17FOS. The third-order valence-corrected chi connectivity index (χ3v) is 3.49. The van der Waals surface area contributed by atoms with Crippen molar-refractivity contribution in [3.05, 3.63) is 35.6 Å². The zero-order valence-electron chi connectivity index (χ0n) is 9.70. The average molecular weight is 240 g/mol. The maximum absolute atomic E-state index is 13.2. The lowest BCUT2D eigenvalue weighted by Crippen LogP contribution is -2.08. The molecule has 0 atom stereocenters. The largest absolute Gasteiger partial charge is 0.298 e. The Morgan fingerprint density at radius 1 is 1.38 bits per heavy atom. The molecule has 0 aliphatic rings. The average Bonchev–Trinajstić information content (AvgIpc) is 2.21. The third-order valence-electron chi connectivity index (χ3n) is 2.06. The number of hydrogen-bond donors (Lipinski definition) is 0. The Bertz CT molecular complexity index is 350. The van der Waals surface area contributed by atoms with E-state index in [1.165, 1.54) is 6.07 Å². The molecular weight excluding hydrogens is 223 g/mol. The van der Waals surface area contributed by atoms with Crippen LogP contribution in [0, 0.1) is 11.7 Å². The van der Waals surface area contributed by atoms with E-state index in [9.17, 15) is 9.18 Å². The van der Waals surface area contributed by atoms with Crippen LogP contribution in [0.3, 0.4) is 0 Å². The Labute approximate surface area is 100 Å². The molecule has 0 saturated carbocycles. The van der Waals surface area contributed by atoms with Crippen LogP contribution in [0.5, 0.6) is 0 Å². The molecule has 0 amide bonds.